The van der Waals surface area contributed by atoms with Crippen LogP contribution in [-0.4, -0.2) is 53.6 Å². The summed E-state index contributed by atoms with van der Waals surface area (Å²) >= 11 is 0. The van der Waals surface area contributed by atoms with E-state index in [0.717, 1.165) is 10.4 Å². The van der Waals surface area contributed by atoms with Gasteiger partial charge < -0.3 is 4.43 Å². The zero-order valence-electron chi connectivity index (χ0n) is 17.3. The highest BCUT2D eigenvalue weighted by molar-refractivity contribution is 7.81. The third kappa shape index (κ3) is 7.19. The Morgan fingerprint density at radius 3 is 1.61 bits per heavy atom. The van der Waals surface area contributed by atoms with Gasteiger partial charge in [-0.3, -0.25) is 9.11 Å². The summed E-state index contributed by atoms with van der Waals surface area (Å²) in [4.78, 5) is 0. The average molecular weight is 491 g/mol. The van der Waals surface area contributed by atoms with Gasteiger partial charge in [0.05, 0.1) is 13.2 Å². The van der Waals surface area contributed by atoms with Crippen LogP contribution in [0.15, 0.2) is 60.7 Å². The lowest BCUT2D eigenvalue weighted by Crippen LogP contribution is -2.67. The van der Waals surface area contributed by atoms with Gasteiger partial charge in [-0.15, -0.1) is 0 Å². The van der Waals surface area contributed by atoms with Crippen molar-refractivity contribution in [3.63, 3.8) is 0 Å². The lowest BCUT2D eigenvalue weighted by molar-refractivity contribution is 0.0699. The molecule has 172 valence electrons. The van der Waals surface area contributed by atoms with Crippen molar-refractivity contribution < 1.29 is 38.7 Å². The molecule has 2 aromatic carbocycles. The molecule has 0 aliphatic heterocycles. The maximum Gasteiger partial charge on any atom is 0.397 e. The van der Waals surface area contributed by atoms with Crippen LogP contribution in [0.1, 0.15) is 20.8 Å². The van der Waals surface area contributed by atoms with E-state index in [1.807, 2.05) is 81.4 Å². The van der Waals surface area contributed by atoms with Crippen LogP contribution in [0, 0.1) is 0 Å². The minimum absolute atomic E-state index is 0.428. The summed E-state index contributed by atoms with van der Waals surface area (Å²) in [6.07, 6.45) is -1.53. The van der Waals surface area contributed by atoms with E-state index in [1.165, 1.54) is 0 Å². The summed E-state index contributed by atoms with van der Waals surface area (Å²) in [6.45, 7) is 4.67. The van der Waals surface area contributed by atoms with Crippen molar-refractivity contribution in [3.05, 3.63) is 60.7 Å². The molecule has 0 fully saturated rings. The predicted octanol–water partition coefficient (Wildman–Crippen LogP) is 1.57. The molecule has 31 heavy (non-hydrogen) atoms. The molecule has 0 spiro atoms. The first-order valence-corrected chi connectivity index (χ1v) is 13.9. The van der Waals surface area contributed by atoms with E-state index < -0.39 is 53.5 Å². The van der Waals surface area contributed by atoms with Crippen LogP contribution in [0.2, 0.25) is 5.04 Å². The monoisotopic (exact) mass is 490 g/mol. The largest absolute Gasteiger partial charge is 0.405 e. The third-order valence-electron chi connectivity index (χ3n) is 4.56. The zero-order chi connectivity index (χ0) is 23.3. The first-order valence-electron chi connectivity index (χ1n) is 9.27. The predicted molar refractivity (Wildman–Crippen MR) is 117 cm³/mol. The molecule has 0 aromatic heterocycles. The minimum Gasteiger partial charge on any atom is -0.405 e. The van der Waals surface area contributed by atoms with E-state index in [9.17, 15) is 16.8 Å². The second kappa shape index (κ2) is 9.88. The quantitative estimate of drug-likeness (QED) is 0.375. The Labute approximate surface area is 184 Å². The lowest BCUT2D eigenvalue weighted by Gasteiger charge is -2.43. The van der Waals surface area contributed by atoms with E-state index in [0.29, 0.717) is 0 Å². The van der Waals surface area contributed by atoms with Gasteiger partial charge in [0.1, 0.15) is 6.10 Å². The molecule has 0 amide bonds. The fourth-order valence-electron chi connectivity index (χ4n) is 3.42. The number of benzene rings is 2. The van der Waals surface area contributed by atoms with Crippen LogP contribution < -0.4 is 10.4 Å². The standard InChI is InChI=1S/C19H26O9S2Si/c1-19(2,3)31(17-10-6-4-7-11-17,18-12-8-5-9-13-18)27-15-16(28-30(23,24)25)14-26-29(20,21)22/h4-13,16H,14-15H2,1-3H3,(H,20,21,22)(H,23,24,25). The SMILES string of the molecule is CC(C)(C)[Si](OCC(COS(=O)(=O)O)OS(=O)(=O)O)(c1ccccc1)c1ccccc1. The van der Waals surface area contributed by atoms with Gasteiger partial charge in [0.25, 0.3) is 8.32 Å². The highest BCUT2D eigenvalue weighted by Gasteiger charge is 2.50. The van der Waals surface area contributed by atoms with Crippen molar-refractivity contribution in [2.24, 2.45) is 0 Å². The number of hydrogen-bond acceptors (Lipinski definition) is 7. The molecule has 0 saturated carbocycles. The summed E-state index contributed by atoms with van der Waals surface area (Å²) in [5.41, 5.74) is 0. The Morgan fingerprint density at radius 1 is 0.806 bits per heavy atom. The fraction of sp³-hybridized carbons (Fsp3) is 0.368. The normalized spacial score (nSPS) is 14.4. The Kier molecular flexibility index (Phi) is 8.16. The average Bonchev–Trinajstić information content (AvgIpc) is 2.65. The molecule has 2 N–H and O–H groups in total. The second-order valence-corrected chi connectivity index (χ2v) is 14.3. The second-order valence-electron chi connectivity index (χ2n) is 7.83. The van der Waals surface area contributed by atoms with Crippen molar-refractivity contribution in [1.29, 1.82) is 0 Å². The molecule has 2 rings (SSSR count). The minimum atomic E-state index is -4.94. The van der Waals surface area contributed by atoms with Crippen LogP contribution in [0.3, 0.4) is 0 Å². The first-order chi connectivity index (χ1) is 14.2. The van der Waals surface area contributed by atoms with Gasteiger partial charge in [-0.1, -0.05) is 81.4 Å². The van der Waals surface area contributed by atoms with Gasteiger partial charge in [0.2, 0.25) is 0 Å². The molecule has 0 aliphatic carbocycles. The summed E-state index contributed by atoms with van der Waals surface area (Å²) in [5, 5.41) is 1.35. The molecular weight excluding hydrogens is 464 g/mol. The van der Waals surface area contributed by atoms with E-state index >= 15 is 0 Å². The molecule has 0 aliphatic rings. The number of rotatable bonds is 10. The molecule has 2 aromatic rings. The molecule has 0 saturated heterocycles. The van der Waals surface area contributed by atoms with Gasteiger partial charge in [-0.2, -0.15) is 16.8 Å². The Morgan fingerprint density at radius 2 is 1.26 bits per heavy atom. The number of hydrogen-bond donors (Lipinski definition) is 2. The maximum atomic E-state index is 11.2. The van der Waals surface area contributed by atoms with Crippen LogP contribution in [-0.2, 0) is 33.6 Å². The van der Waals surface area contributed by atoms with E-state index in [1.54, 1.807) is 0 Å². The van der Waals surface area contributed by atoms with Crippen molar-refractivity contribution in [3.8, 4) is 0 Å². The van der Waals surface area contributed by atoms with Gasteiger partial charge in [-0.05, 0) is 15.4 Å². The van der Waals surface area contributed by atoms with Crippen molar-refractivity contribution in [1.82, 2.24) is 0 Å². The molecule has 1 unspecified atom stereocenters. The summed E-state index contributed by atoms with van der Waals surface area (Å²) in [7, 11) is -12.9. The lowest BCUT2D eigenvalue weighted by atomic mass is 10.2. The van der Waals surface area contributed by atoms with E-state index in [2.05, 4.69) is 8.37 Å². The van der Waals surface area contributed by atoms with E-state index in [4.69, 9.17) is 13.5 Å². The highest BCUT2D eigenvalue weighted by Crippen LogP contribution is 2.36. The molecule has 0 bridgehead atoms. The molecular formula is C19H26O9S2Si. The van der Waals surface area contributed by atoms with Gasteiger partial charge >= 0.3 is 20.8 Å². The van der Waals surface area contributed by atoms with Crippen LogP contribution >= 0.6 is 0 Å². The van der Waals surface area contributed by atoms with Gasteiger partial charge in [-0.25, -0.2) is 8.37 Å². The van der Waals surface area contributed by atoms with Crippen LogP contribution in [0.4, 0.5) is 0 Å². The Hall–Kier alpha value is -1.64. The van der Waals surface area contributed by atoms with Crippen LogP contribution in [0.5, 0.6) is 0 Å². The molecule has 0 radical (unpaired) electrons. The highest BCUT2D eigenvalue weighted by atomic mass is 32.3. The zero-order valence-corrected chi connectivity index (χ0v) is 20.0. The van der Waals surface area contributed by atoms with Gasteiger partial charge in [0, 0.05) is 0 Å². The summed E-state index contributed by atoms with van der Waals surface area (Å²) in [5.74, 6) is 0. The summed E-state index contributed by atoms with van der Waals surface area (Å²) < 4.78 is 77.5. The van der Waals surface area contributed by atoms with Crippen molar-refractivity contribution in [2.45, 2.75) is 31.9 Å². The molecule has 1 atom stereocenters. The van der Waals surface area contributed by atoms with E-state index in [-0.39, 0.29) is 0 Å². The molecule has 12 heteroatoms. The third-order valence-corrected chi connectivity index (χ3v) is 10.5. The fourth-order valence-corrected chi connectivity index (χ4v) is 8.79. The molecule has 9 nitrogen and oxygen atoms in total. The van der Waals surface area contributed by atoms with Crippen LogP contribution in [0.25, 0.3) is 0 Å². The van der Waals surface area contributed by atoms with Crippen molar-refractivity contribution >= 4 is 39.5 Å². The first kappa shape index (κ1) is 25.6. The molecule has 0 heterocycles. The van der Waals surface area contributed by atoms with Crippen molar-refractivity contribution in [2.75, 3.05) is 13.2 Å². The summed E-state index contributed by atoms with van der Waals surface area (Å²) in [6, 6.07) is 18.8. The van der Waals surface area contributed by atoms with Gasteiger partial charge in [0.15, 0.2) is 0 Å². The maximum absolute atomic E-state index is 11.2. The Bertz CT molecular complexity index is 1010. The topological polar surface area (TPSA) is 136 Å². The smallest absolute Gasteiger partial charge is 0.397 e. The Balaban J connectivity index is 2.51.